The Balaban J connectivity index is 1.51. The standard InChI is InChI=1S/C21H20FN3O2/c1-14-5-2-3-8-18(14)20-23-21(27-24-20)16-9-10-19(26)25(13-16)12-15-6-4-7-17(22)11-15/h2-8,11,16H,9-10,12-13H2,1H3/t16-/m0/s1. The summed E-state index contributed by atoms with van der Waals surface area (Å²) in [6.45, 7) is 2.88. The molecule has 1 fully saturated rings. The molecule has 0 radical (unpaired) electrons. The van der Waals surface area contributed by atoms with Gasteiger partial charge in [-0.15, -0.1) is 0 Å². The van der Waals surface area contributed by atoms with Crippen LogP contribution in [0.25, 0.3) is 11.4 Å². The highest BCUT2D eigenvalue weighted by Gasteiger charge is 2.30. The van der Waals surface area contributed by atoms with Crippen molar-refractivity contribution in [1.82, 2.24) is 15.0 Å². The van der Waals surface area contributed by atoms with Crippen molar-refractivity contribution in [2.45, 2.75) is 32.2 Å². The zero-order valence-corrected chi connectivity index (χ0v) is 15.1. The van der Waals surface area contributed by atoms with Crippen LogP contribution < -0.4 is 0 Å². The maximum Gasteiger partial charge on any atom is 0.231 e. The van der Waals surface area contributed by atoms with Crippen molar-refractivity contribution in [3.8, 4) is 11.4 Å². The second kappa shape index (κ2) is 7.31. The Labute approximate surface area is 156 Å². The first-order valence-corrected chi connectivity index (χ1v) is 9.02. The van der Waals surface area contributed by atoms with E-state index in [1.807, 2.05) is 37.3 Å². The van der Waals surface area contributed by atoms with E-state index in [-0.39, 0.29) is 17.6 Å². The molecule has 1 saturated heterocycles. The van der Waals surface area contributed by atoms with Crippen LogP contribution in [0.3, 0.4) is 0 Å². The lowest BCUT2D eigenvalue weighted by atomic mass is 9.97. The molecule has 2 aromatic carbocycles. The van der Waals surface area contributed by atoms with Crippen LogP contribution in [0.4, 0.5) is 4.39 Å². The topological polar surface area (TPSA) is 59.2 Å². The van der Waals surface area contributed by atoms with E-state index in [1.54, 1.807) is 11.0 Å². The highest BCUT2D eigenvalue weighted by molar-refractivity contribution is 5.77. The van der Waals surface area contributed by atoms with Crippen LogP contribution in [0.15, 0.2) is 53.1 Å². The Morgan fingerprint density at radius 2 is 2.07 bits per heavy atom. The zero-order chi connectivity index (χ0) is 18.8. The van der Waals surface area contributed by atoms with Crippen molar-refractivity contribution in [1.29, 1.82) is 0 Å². The summed E-state index contributed by atoms with van der Waals surface area (Å²) >= 11 is 0. The second-order valence-corrected chi connectivity index (χ2v) is 6.91. The van der Waals surface area contributed by atoms with Crippen molar-refractivity contribution in [3.63, 3.8) is 0 Å². The number of benzene rings is 2. The number of likely N-dealkylation sites (tertiary alicyclic amines) is 1. The average Bonchev–Trinajstić information content (AvgIpc) is 3.14. The van der Waals surface area contributed by atoms with E-state index in [2.05, 4.69) is 10.1 Å². The maximum absolute atomic E-state index is 13.4. The van der Waals surface area contributed by atoms with E-state index in [1.165, 1.54) is 12.1 Å². The minimum Gasteiger partial charge on any atom is -0.339 e. The molecule has 5 nitrogen and oxygen atoms in total. The van der Waals surface area contributed by atoms with Gasteiger partial charge >= 0.3 is 0 Å². The van der Waals surface area contributed by atoms with Crippen molar-refractivity contribution < 1.29 is 13.7 Å². The number of aromatic nitrogens is 2. The first kappa shape index (κ1) is 17.4. The van der Waals surface area contributed by atoms with Gasteiger partial charge in [-0.2, -0.15) is 4.98 Å². The SMILES string of the molecule is Cc1ccccc1-c1noc([C@H]2CCC(=O)N(Cc3cccc(F)c3)C2)n1. The van der Waals surface area contributed by atoms with E-state index in [9.17, 15) is 9.18 Å². The first-order chi connectivity index (χ1) is 13.1. The summed E-state index contributed by atoms with van der Waals surface area (Å²) < 4.78 is 18.9. The molecule has 27 heavy (non-hydrogen) atoms. The number of aryl methyl sites for hydroxylation is 1. The molecule has 138 valence electrons. The molecule has 3 aromatic rings. The molecule has 0 aliphatic carbocycles. The molecule has 1 atom stereocenters. The number of piperidine rings is 1. The van der Waals surface area contributed by atoms with Crippen LogP contribution in [0, 0.1) is 12.7 Å². The molecule has 0 bridgehead atoms. The number of nitrogens with zero attached hydrogens (tertiary/aromatic N) is 3. The fraction of sp³-hybridized carbons (Fsp3) is 0.286. The van der Waals surface area contributed by atoms with Gasteiger partial charge in [0.15, 0.2) is 0 Å². The van der Waals surface area contributed by atoms with Crippen LogP contribution in [0.1, 0.15) is 35.8 Å². The lowest BCUT2D eigenvalue weighted by Gasteiger charge is -2.31. The van der Waals surface area contributed by atoms with Gasteiger partial charge in [-0.05, 0) is 36.6 Å². The molecule has 4 rings (SSSR count). The molecule has 0 spiro atoms. The summed E-state index contributed by atoms with van der Waals surface area (Å²) in [6.07, 6.45) is 1.09. The molecule has 1 aliphatic heterocycles. The minimum absolute atomic E-state index is 0.0125. The largest absolute Gasteiger partial charge is 0.339 e. The number of halogens is 1. The Bertz CT molecular complexity index is 969. The van der Waals surface area contributed by atoms with Gasteiger partial charge in [0.2, 0.25) is 17.6 Å². The summed E-state index contributed by atoms with van der Waals surface area (Å²) in [5, 5.41) is 4.12. The van der Waals surface area contributed by atoms with Crippen LogP contribution in [-0.2, 0) is 11.3 Å². The van der Waals surface area contributed by atoms with Gasteiger partial charge in [0, 0.05) is 25.1 Å². The summed E-state index contributed by atoms with van der Waals surface area (Å²) in [5.41, 5.74) is 2.79. The molecule has 0 saturated carbocycles. The van der Waals surface area contributed by atoms with Crippen molar-refractivity contribution >= 4 is 5.91 Å². The van der Waals surface area contributed by atoms with Crippen LogP contribution in [0.2, 0.25) is 0 Å². The lowest BCUT2D eigenvalue weighted by Crippen LogP contribution is -2.38. The van der Waals surface area contributed by atoms with E-state index in [0.29, 0.717) is 37.6 Å². The van der Waals surface area contributed by atoms with Gasteiger partial charge < -0.3 is 9.42 Å². The summed E-state index contributed by atoms with van der Waals surface area (Å²) in [7, 11) is 0. The molecule has 1 aromatic heterocycles. The normalized spacial score (nSPS) is 17.3. The van der Waals surface area contributed by atoms with Crippen LogP contribution in [-0.4, -0.2) is 27.5 Å². The van der Waals surface area contributed by atoms with Gasteiger partial charge in [-0.1, -0.05) is 41.6 Å². The quantitative estimate of drug-likeness (QED) is 0.699. The number of hydrogen-bond acceptors (Lipinski definition) is 4. The monoisotopic (exact) mass is 365 g/mol. The maximum atomic E-state index is 13.4. The smallest absolute Gasteiger partial charge is 0.231 e. The molecular formula is C21H20FN3O2. The van der Waals surface area contributed by atoms with Gasteiger partial charge in [-0.25, -0.2) is 4.39 Å². The predicted octanol–water partition coefficient (Wildman–Crippen LogP) is 4.09. The Hall–Kier alpha value is -3.02. The molecule has 1 amide bonds. The van der Waals surface area contributed by atoms with Crippen molar-refractivity contribution in [2.75, 3.05) is 6.54 Å². The third-order valence-electron chi connectivity index (χ3n) is 4.94. The average molecular weight is 365 g/mol. The zero-order valence-electron chi connectivity index (χ0n) is 15.1. The fourth-order valence-electron chi connectivity index (χ4n) is 3.46. The highest BCUT2D eigenvalue weighted by atomic mass is 19.1. The van der Waals surface area contributed by atoms with E-state index in [0.717, 1.165) is 16.7 Å². The first-order valence-electron chi connectivity index (χ1n) is 9.02. The van der Waals surface area contributed by atoms with Gasteiger partial charge in [0.05, 0.1) is 5.92 Å². The molecule has 0 N–H and O–H groups in total. The van der Waals surface area contributed by atoms with Crippen molar-refractivity contribution in [3.05, 3.63) is 71.4 Å². The van der Waals surface area contributed by atoms with E-state index in [4.69, 9.17) is 4.52 Å². The predicted molar refractivity (Wildman–Crippen MR) is 98.3 cm³/mol. The summed E-state index contributed by atoms with van der Waals surface area (Å²) in [4.78, 5) is 18.6. The van der Waals surface area contributed by atoms with E-state index < -0.39 is 0 Å². The number of amides is 1. The van der Waals surface area contributed by atoms with Gasteiger partial charge in [0.25, 0.3) is 0 Å². The summed E-state index contributed by atoms with van der Waals surface area (Å²) in [6, 6.07) is 14.2. The van der Waals surface area contributed by atoms with Crippen LogP contribution >= 0.6 is 0 Å². The van der Waals surface area contributed by atoms with Crippen molar-refractivity contribution in [2.24, 2.45) is 0 Å². The fourth-order valence-corrected chi connectivity index (χ4v) is 3.46. The molecule has 6 heteroatoms. The van der Waals surface area contributed by atoms with E-state index >= 15 is 0 Å². The number of carbonyl (C=O) groups excluding carboxylic acids is 1. The number of hydrogen-bond donors (Lipinski definition) is 0. The Morgan fingerprint density at radius 1 is 1.22 bits per heavy atom. The van der Waals surface area contributed by atoms with Crippen LogP contribution in [0.5, 0.6) is 0 Å². The summed E-state index contributed by atoms with van der Waals surface area (Å²) in [5.74, 6) is 0.866. The molecule has 1 aliphatic rings. The van der Waals surface area contributed by atoms with Gasteiger partial charge in [-0.3, -0.25) is 4.79 Å². The molecular weight excluding hydrogens is 345 g/mol. The second-order valence-electron chi connectivity index (χ2n) is 6.91. The minimum atomic E-state index is -0.298. The third-order valence-corrected chi connectivity index (χ3v) is 4.94. The Kier molecular flexibility index (Phi) is 4.71. The Morgan fingerprint density at radius 3 is 2.89 bits per heavy atom. The highest BCUT2D eigenvalue weighted by Crippen LogP contribution is 2.29. The third kappa shape index (κ3) is 3.74. The lowest BCUT2D eigenvalue weighted by molar-refractivity contribution is -0.134. The van der Waals surface area contributed by atoms with Gasteiger partial charge in [0.1, 0.15) is 5.82 Å². The number of carbonyl (C=O) groups is 1. The molecule has 2 heterocycles. The number of rotatable bonds is 4. The molecule has 0 unspecified atom stereocenters.